The first-order valence-electron chi connectivity index (χ1n) is 8.18. The van der Waals surface area contributed by atoms with Crippen LogP contribution in [-0.4, -0.2) is 17.3 Å². The lowest BCUT2D eigenvalue weighted by Gasteiger charge is -2.05. The van der Waals surface area contributed by atoms with Crippen molar-refractivity contribution in [3.05, 3.63) is 77.5 Å². The third-order valence-corrected chi connectivity index (χ3v) is 5.70. The minimum atomic E-state index is 1.13. The quantitative estimate of drug-likeness (QED) is 0.372. The van der Waals surface area contributed by atoms with Gasteiger partial charge in [-0.25, -0.2) is 0 Å². The molecular weight excluding hydrogens is 316 g/mol. The zero-order chi connectivity index (χ0) is 16.2. The van der Waals surface area contributed by atoms with E-state index in [4.69, 9.17) is 0 Å². The predicted molar refractivity (Wildman–Crippen MR) is 109 cm³/mol. The molecule has 0 saturated carbocycles. The summed E-state index contributed by atoms with van der Waals surface area (Å²) in [5.74, 6) is 3.61. The second kappa shape index (κ2) is 11.2. The summed E-state index contributed by atoms with van der Waals surface area (Å²) in [6, 6.07) is 21.0. The minimum absolute atomic E-state index is 1.13. The molecule has 0 amide bonds. The van der Waals surface area contributed by atoms with E-state index >= 15 is 0 Å². The van der Waals surface area contributed by atoms with Crippen LogP contribution >= 0.6 is 23.5 Å². The Morgan fingerprint density at radius 2 is 1.61 bits per heavy atom. The van der Waals surface area contributed by atoms with Gasteiger partial charge in [0, 0.05) is 11.5 Å². The van der Waals surface area contributed by atoms with Crippen molar-refractivity contribution in [2.45, 2.75) is 19.8 Å². The summed E-state index contributed by atoms with van der Waals surface area (Å²) in [4.78, 5) is 1.23. The van der Waals surface area contributed by atoms with Crippen LogP contribution in [0.4, 0.5) is 0 Å². The standard InChI is InChI=1S/C21H24S2/c1-2-3-16-22-17-18-23-21(20-12-8-5-9-13-20)15-14-19-10-6-4-7-11-19/h4-14H,2-3,16-18H2,1H3. The van der Waals surface area contributed by atoms with Gasteiger partial charge in [0.05, 0.1) is 4.91 Å². The van der Waals surface area contributed by atoms with Crippen molar-refractivity contribution in [2.24, 2.45) is 0 Å². The molecule has 120 valence electrons. The second-order valence-corrected chi connectivity index (χ2v) is 7.54. The first-order chi connectivity index (χ1) is 11.4. The summed E-state index contributed by atoms with van der Waals surface area (Å²) in [6.07, 6.45) is 4.69. The Labute approximate surface area is 149 Å². The lowest BCUT2D eigenvalue weighted by molar-refractivity contribution is 0.896. The number of thioether (sulfide) groups is 2. The average molecular weight is 341 g/mol. The molecule has 0 N–H and O–H groups in total. The number of rotatable bonds is 9. The maximum Gasteiger partial charge on any atom is 0.0565 e. The molecule has 0 unspecified atom stereocenters. The third-order valence-electron chi connectivity index (χ3n) is 3.32. The van der Waals surface area contributed by atoms with Crippen molar-refractivity contribution in [3.63, 3.8) is 0 Å². The van der Waals surface area contributed by atoms with Crippen LogP contribution < -0.4 is 0 Å². The summed E-state index contributed by atoms with van der Waals surface area (Å²) in [5, 5.41) is 0. The molecule has 0 radical (unpaired) electrons. The molecule has 0 fully saturated rings. The maximum absolute atomic E-state index is 3.50. The number of benzene rings is 2. The van der Waals surface area contributed by atoms with Gasteiger partial charge in [-0.3, -0.25) is 0 Å². The molecule has 0 aliphatic carbocycles. The van der Waals surface area contributed by atoms with Gasteiger partial charge in [-0.15, -0.1) is 17.5 Å². The summed E-state index contributed by atoms with van der Waals surface area (Å²) in [7, 11) is 0. The number of unbranched alkanes of at least 4 members (excludes halogenated alkanes) is 1. The molecule has 0 bridgehead atoms. The van der Waals surface area contributed by atoms with E-state index in [1.807, 2.05) is 17.8 Å². The zero-order valence-corrected chi connectivity index (χ0v) is 15.3. The molecule has 0 nitrogen and oxygen atoms in total. The molecule has 0 aliphatic heterocycles. The molecule has 23 heavy (non-hydrogen) atoms. The maximum atomic E-state index is 3.50. The molecule has 0 aliphatic rings. The van der Waals surface area contributed by atoms with Gasteiger partial charge in [-0.1, -0.05) is 74.0 Å². The first-order valence-corrected chi connectivity index (χ1v) is 10.3. The van der Waals surface area contributed by atoms with E-state index in [2.05, 4.69) is 85.1 Å². The van der Waals surface area contributed by atoms with Gasteiger partial charge in [0.2, 0.25) is 0 Å². The second-order valence-electron chi connectivity index (χ2n) is 5.21. The number of hydrogen-bond acceptors (Lipinski definition) is 2. The monoisotopic (exact) mass is 340 g/mol. The van der Waals surface area contributed by atoms with E-state index < -0.39 is 0 Å². The van der Waals surface area contributed by atoms with Crippen molar-refractivity contribution in [1.29, 1.82) is 0 Å². The van der Waals surface area contributed by atoms with E-state index in [0.717, 1.165) is 5.75 Å². The van der Waals surface area contributed by atoms with E-state index in [9.17, 15) is 0 Å². The van der Waals surface area contributed by atoms with Gasteiger partial charge in [0.15, 0.2) is 0 Å². The highest BCUT2D eigenvalue weighted by Gasteiger charge is 2.01. The lowest BCUT2D eigenvalue weighted by Crippen LogP contribution is -1.88. The highest BCUT2D eigenvalue weighted by Crippen LogP contribution is 2.27. The van der Waals surface area contributed by atoms with Gasteiger partial charge >= 0.3 is 0 Å². The predicted octanol–water partition coefficient (Wildman–Crippen LogP) is 6.61. The molecule has 2 aromatic carbocycles. The largest absolute Gasteiger partial charge is 0.161 e. The summed E-state index contributed by atoms with van der Waals surface area (Å²) < 4.78 is 0. The highest BCUT2D eigenvalue weighted by atomic mass is 32.2. The van der Waals surface area contributed by atoms with Crippen molar-refractivity contribution in [3.8, 4) is 0 Å². The Hall–Kier alpha value is -1.34. The summed E-state index contributed by atoms with van der Waals surface area (Å²) >= 11 is 3.96. The van der Waals surface area contributed by atoms with Crippen LogP contribution in [0.15, 0.2) is 66.4 Å². The Morgan fingerprint density at radius 3 is 2.30 bits per heavy atom. The zero-order valence-electron chi connectivity index (χ0n) is 13.7. The van der Waals surface area contributed by atoms with Crippen LogP contribution in [0.25, 0.3) is 11.0 Å². The smallest absolute Gasteiger partial charge is 0.0565 e. The Kier molecular flexibility index (Phi) is 8.80. The van der Waals surface area contributed by atoms with E-state index in [1.165, 1.54) is 40.4 Å². The van der Waals surface area contributed by atoms with Crippen molar-refractivity contribution >= 4 is 34.5 Å². The molecule has 0 saturated heterocycles. The van der Waals surface area contributed by atoms with Crippen LogP contribution in [0.3, 0.4) is 0 Å². The summed E-state index contributed by atoms with van der Waals surface area (Å²) in [5.41, 5.74) is 5.95. The van der Waals surface area contributed by atoms with Crippen molar-refractivity contribution < 1.29 is 0 Å². The molecular formula is C21H24S2. The first kappa shape index (κ1) is 18.0. The van der Waals surface area contributed by atoms with Crippen molar-refractivity contribution in [1.82, 2.24) is 0 Å². The molecule has 2 heteroatoms. The minimum Gasteiger partial charge on any atom is -0.161 e. The third kappa shape index (κ3) is 7.18. The highest BCUT2D eigenvalue weighted by molar-refractivity contribution is 8.09. The normalized spacial score (nSPS) is 10.1. The van der Waals surface area contributed by atoms with Crippen LogP contribution in [0, 0.1) is 0 Å². The fraction of sp³-hybridized carbons (Fsp3) is 0.286. The van der Waals surface area contributed by atoms with Crippen LogP contribution in [0.1, 0.15) is 30.9 Å². The molecule has 0 atom stereocenters. The Bertz CT molecular complexity index is 611. The molecule has 2 aromatic rings. The molecule has 0 heterocycles. The molecule has 0 aromatic heterocycles. The number of hydrogen-bond donors (Lipinski definition) is 0. The fourth-order valence-corrected chi connectivity index (χ4v) is 4.20. The van der Waals surface area contributed by atoms with Gasteiger partial charge < -0.3 is 0 Å². The van der Waals surface area contributed by atoms with Gasteiger partial charge in [-0.2, -0.15) is 11.8 Å². The van der Waals surface area contributed by atoms with Crippen molar-refractivity contribution in [2.75, 3.05) is 17.3 Å². The molecule has 0 spiro atoms. The lowest BCUT2D eigenvalue weighted by atomic mass is 10.2. The van der Waals surface area contributed by atoms with Gasteiger partial charge in [0.25, 0.3) is 0 Å². The fourth-order valence-electron chi connectivity index (χ4n) is 2.05. The Balaban J connectivity index is 2.03. The summed E-state index contributed by atoms with van der Waals surface area (Å²) in [6.45, 7) is 2.25. The van der Waals surface area contributed by atoms with Crippen LogP contribution in [0.5, 0.6) is 0 Å². The topological polar surface area (TPSA) is 0 Å². The van der Waals surface area contributed by atoms with E-state index in [-0.39, 0.29) is 0 Å². The average Bonchev–Trinajstić information content (AvgIpc) is 2.62. The van der Waals surface area contributed by atoms with E-state index in [0.29, 0.717) is 0 Å². The SMILES string of the molecule is CCCCSCCSC(=C=Cc1ccccc1)c1ccccc1. The molecule has 2 rings (SSSR count). The van der Waals surface area contributed by atoms with E-state index in [1.54, 1.807) is 0 Å². The van der Waals surface area contributed by atoms with Crippen LogP contribution in [0.2, 0.25) is 0 Å². The Morgan fingerprint density at radius 1 is 0.913 bits per heavy atom. The van der Waals surface area contributed by atoms with Gasteiger partial charge in [-0.05, 0) is 29.4 Å². The van der Waals surface area contributed by atoms with Gasteiger partial charge in [0.1, 0.15) is 0 Å². The van der Waals surface area contributed by atoms with Crippen LogP contribution in [-0.2, 0) is 0 Å².